The zero-order valence-corrected chi connectivity index (χ0v) is 16.6. The SMILES string of the molecule is CC(C)CCNC(=O)c1ccc(N2CCN(C(=O)C3(C(F)(F)F)CC3)CC2)nn1. The molecule has 0 unspecified atom stereocenters. The molecule has 160 valence electrons. The van der Waals surface area contributed by atoms with E-state index in [2.05, 4.69) is 29.4 Å². The molecule has 1 aliphatic heterocycles. The highest BCUT2D eigenvalue weighted by Gasteiger charge is 2.69. The van der Waals surface area contributed by atoms with E-state index < -0.39 is 17.5 Å². The molecule has 1 saturated heterocycles. The fraction of sp³-hybridized carbons (Fsp3) is 0.684. The second-order valence-electron chi connectivity index (χ2n) is 8.07. The number of amides is 2. The zero-order chi connectivity index (χ0) is 21.2. The zero-order valence-electron chi connectivity index (χ0n) is 16.6. The number of hydrogen-bond donors (Lipinski definition) is 1. The van der Waals surface area contributed by atoms with Gasteiger partial charge < -0.3 is 15.1 Å². The summed E-state index contributed by atoms with van der Waals surface area (Å²) in [5, 5.41) is 10.8. The fourth-order valence-corrected chi connectivity index (χ4v) is 3.36. The van der Waals surface area contributed by atoms with Crippen LogP contribution in [0.4, 0.5) is 19.0 Å². The second kappa shape index (κ2) is 8.16. The molecule has 1 aliphatic carbocycles. The van der Waals surface area contributed by atoms with Gasteiger partial charge in [0, 0.05) is 32.7 Å². The van der Waals surface area contributed by atoms with Crippen molar-refractivity contribution in [3.05, 3.63) is 17.8 Å². The number of hydrogen-bond acceptors (Lipinski definition) is 5. The maximum atomic E-state index is 13.2. The smallest absolute Gasteiger partial charge is 0.352 e. The summed E-state index contributed by atoms with van der Waals surface area (Å²) in [6.45, 7) is 5.85. The lowest BCUT2D eigenvalue weighted by Crippen LogP contribution is -2.53. The van der Waals surface area contributed by atoms with E-state index in [1.54, 1.807) is 12.1 Å². The Morgan fingerprint density at radius 3 is 2.28 bits per heavy atom. The van der Waals surface area contributed by atoms with E-state index in [1.165, 1.54) is 4.90 Å². The van der Waals surface area contributed by atoms with Gasteiger partial charge in [-0.25, -0.2) is 0 Å². The molecule has 10 heteroatoms. The van der Waals surface area contributed by atoms with Crippen LogP contribution in [0.1, 0.15) is 43.6 Å². The first-order chi connectivity index (χ1) is 13.6. The Labute approximate surface area is 167 Å². The van der Waals surface area contributed by atoms with Crippen molar-refractivity contribution in [1.82, 2.24) is 20.4 Å². The number of nitrogens with one attached hydrogen (secondary N) is 1. The minimum absolute atomic E-state index is 0.123. The second-order valence-corrected chi connectivity index (χ2v) is 8.07. The van der Waals surface area contributed by atoms with E-state index in [0.29, 0.717) is 31.4 Å². The third-order valence-corrected chi connectivity index (χ3v) is 5.48. The molecule has 2 aliphatic rings. The van der Waals surface area contributed by atoms with Crippen LogP contribution in [0.15, 0.2) is 12.1 Å². The van der Waals surface area contributed by atoms with Crippen molar-refractivity contribution in [1.29, 1.82) is 0 Å². The Morgan fingerprint density at radius 1 is 1.14 bits per heavy atom. The van der Waals surface area contributed by atoms with Gasteiger partial charge in [0.2, 0.25) is 5.91 Å². The average molecular weight is 413 g/mol. The third kappa shape index (κ3) is 4.62. The monoisotopic (exact) mass is 413 g/mol. The van der Waals surface area contributed by atoms with Crippen LogP contribution in [0.3, 0.4) is 0 Å². The van der Waals surface area contributed by atoms with Gasteiger partial charge in [-0.05, 0) is 37.3 Å². The lowest BCUT2D eigenvalue weighted by molar-refractivity contribution is -0.198. The molecule has 1 aromatic rings. The molecule has 0 aromatic carbocycles. The minimum Gasteiger partial charge on any atom is -0.352 e. The summed E-state index contributed by atoms with van der Waals surface area (Å²) in [5.74, 6) is -0.0841. The highest BCUT2D eigenvalue weighted by atomic mass is 19.4. The Balaban J connectivity index is 1.52. The number of anilines is 1. The number of carbonyl (C=O) groups is 2. The summed E-state index contributed by atoms with van der Waals surface area (Å²) < 4.78 is 39.5. The van der Waals surface area contributed by atoms with Crippen molar-refractivity contribution in [2.45, 2.75) is 39.3 Å². The normalized spacial score (nSPS) is 18.7. The summed E-state index contributed by atoms with van der Waals surface area (Å²) in [6.07, 6.45) is -3.86. The van der Waals surface area contributed by atoms with Gasteiger partial charge in [0.15, 0.2) is 11.5 Å². The third-order valence-electron chi connectivity index (χ3n) is 5.48. The van der Waals surface area contributed by atoms with Crippen LogP contribution in [0, 0.1) is 11.3 Å². The maximum Gasteiger partial charge on any atom is 0.403 e. The number of piperazine rings is 1. The molecule has 2 heterocycles. The van der Waals surface area contributed by atoms with E-state index in [1.807, 2.05) is 4.90 Å². The quantitative estimate of drug-likeness (QED) is 0.774. The molecular formula is C19H26F3N5O2. The summed E-state index contributed by atoms with van der Waals surface area (Å²) in [6, 6.07) is 3.24. The minimum atomic E-state index is -4.49. The van der Waals surface area contributed by atoms with Crippen LogP contribution in [0.5, 0.6) is 0 Å². The predicted molar refractivity (Wildman–Crippen MR) is 100 cm³/mol. The molecule has 1 aromatic heterocycles. The van der Waals surface area contributed by atoms with Crippen molar-refractivity contribution >= 4 is 17.6 Å². The first kappa shape index (κ1) is 21.3. The van der Waals surface area contributed by atoms with Crippen molar-refractivity contribution in [3.63, 3.8) is 0 Å². The van der Waals surface area contributed by atoms with Gasteiger partial charge in [0.25, 0.3) is 5.91 Å². The van der Waals surface area contributed by atoms with Crippen LogP contribution in [-0.4, -0.2) is 65.8 Å². The van der Waals surface area contributed by atoms with Gasteiger partial charge in [-0.15, -0.1) is 10.2 Å². The molecular weight excluding hydrogens is 387 g/mol. The molecule has 0 radical (unpaired) electrons. The number of rotatable bonds is 6. The number of nitrogens with zero attached hydrogens (tertiary/aromatic N) is 4. The largest absolute Gasteiger partial charge is 0.403 e. The molecule has 1 saturated carbocycles. The van der Waals surface area contributed by atoms with E-state index in [9.17, 15) is 22.8 Å². The number of carbonyl (C=O) groups excluding carboxylic acids is 2. The molecule has 1 N–H and O–H groups in total. The molecule has 29 heavy (non-hydrogen) atoms. The summed E-state index contributed by atoms with van der Waals surface area (Å²) in [7, 11) is 0. The van der Waals surface area contributed by atoms with Crippen molar-refractivity contribution in [2.75, 3.05) is 37.6 Å². The summed E-state index contributed by atoms with van der Waals surface area (Å²) >= 11 is 0. The first-order valence-electron chi connectivity index (χ1n) is 9.87. The molecule has 7 nitrogen and oxygen atoms in total. The van der Waals surface area contributed by atoms with Crippen molar-refractivity contribution < 1.29 is 22.8 Å². The van der Waals surface area contributed by atoms with Crippen LogP contribution in [-0.2, 0) is 4.79 Å². The van der Waals surface area contributed by atoms with Gasteiger partial charge in [-0.3, -0.25) is 9.59 Å². The molecule has 2 fully saturated rings. The van der Waals surface area contributed by atoms with E-state index in [-0.39, 0.29) is 37.5 Å². The Morgan fingerprint density at radius 2 is 1.79 bits per heavy atom. The van der Waals surface area contributed by atoms with Crippen molar-refractivity contribution in [3.8, 4) is 0 Å². The van der Waals surface area contributed by atoms with Crippen LogP contribution in [0.25, 0.3) is 0 Å². The molecule has 0 bridgehead atoms. The van der Waals surface area contributed by atoms with Gasteiger partial charge in [0.05, 0.1) is 0 Å². The van der Waals surface area contributed by atoms with Gasteiger partial charge in [-0.1, -0.05) is 13.8 Å². The molecule has 0 spiro atoms. The van der Waals surface area contributed by atoms with E-state index in [4.69, 9.17) is 0 Å². The van der Waals surface area contributed by atoms with E-state index in [0.717, 1.165) is 6.42 Å². The van der Waals surface area contributed by atoms with Crippen LogP contribution in [0.2, 0.25) is 0 Å². The standard InChI is InChI=1S/C19H26F3N5O2/c1-13(2)5-8-23-16(28)14-3-4-15(25-24-14)26-9-11-27(12-10-26)17(29)18(6-7-18)19(20,21)22/h3-4,13H,5-12H2,1-2H3,(H,23,28). The first-order valence-corrected chi connectivity index (χ1v) is 9.87. The topological polar surface area (TPSA) is 78.4 Å². The maximum absolute atomic E-state index is 13.2. The molecule has 2 amide bonds. The van der Waals surface area contributed by atoms with Gasteiger partial charge in [0.1, 0.15) is 5.41 Å². The average Bonchev–Trinajstić information content (AvgIpc) is 3.49. The lowest BCUT2D eigenvalue weighted by Gasteiger charge is -2.37. The Kier molecular flexibility index (Phi) is 6.00. The highest BCUT2D eigenvalue weighted by Crippen LogP contribution is 2.58. The number of halogens is 3. The number of alkyl halides is 3. The Bertz CT molecular complexity index is 739. The lowest BCUT2D eigenvalue weighted by atomic mass is 10.0. The van der Waals surface area contributed by atoms with Gasteiger partial charge >= 0.3 is 6.18 Å². The van der Waals surface area contributed by atoms with Crippen LogP contribution >= 0.6 is 0 Å². The van der Waals surface area contributed by atoms with E-state index >= 15 is 0 Å². The van der Waals surface area contributed by atoms with Crippen LogP contribution < -0.4 is 10.2 Å². The summed E-state index contributed by atoms with van der Waals surface area (Å²) in [4.78, 5) is 27.5. The fourth-order valence-electron chi connectivity index (χ4n) is 3.36. The molecule has 3 rings (SSSR count). The number of aromatic nitrogens is 2. The highest BCUT2D eigenvalue weighted by molar-refractivity contribution is 5.92. The van der Waals surface area contributed by atoms with Gasteiger partial charge in [-0.2, -0.15) is 13.2 Å². The predicted octanol–water partition coefficient (Wildman–Crippen LogP) is 2.24. The van der Waals surface area contributed by atoms with Crippen molar-refractivity contribution in [2.24, 2.45) is 11.3 Å². The summed E-state index contributed by atoms with van der Waals surface area (Å²) in [5.41, 5.74) is -1.95. The molecule has 0 atom stereocenters. The Hall–Kier alpha value is -2.39.